The van der Waals surface area contributed by atoms with E-state index in [9.17, 15) is 8.42 Å². The number of rotatable bonds is 4. The average molecular weight is 436 g/mol. The van der Waals surface area contributed by atoms with Crippen LogP contribution in [-0.2, 0) is 16.4 Å². The summed E-state index contributed by atoms with van der Waals surface area (Å²) in [7, 11) is -3.28. The molecule has 31 heavy (non-hydrogen) atoms. The summed E-state index contributed by atoms with van der Waals surface area (Å²) in [4.78, 5) is 7.49. The second-order valence-corrected chi connectivity index (χ2v) is 11.0. The fourth-order valence-electron chi connectivity index (χ4n) is 4.86. The molecule has 2 aromatic carbocycles. The van der Waals surface area contributed by atoms with Crippen molar-refractivity contribution in [3.8, 4) is 0 Å². The van der Waals surface area contributed by atoms with Crippen LogP contribution in [0.4, 0.5) is 11.5 Å². The predicted molar refractivity (Wildman–Crippen MR) is 126 cm³/mol. The number of aromatic nitrogens is 1. The van der Waals surface area contributed by atoms with Crippen molar-refractivity contribution in [1.29, 1.82) is 0 Å². The van der Waals surface area contributed by atoms with Gasteiger partial charge in [-0.1, -0.05) is 42.7 Å². The first-order chi connectivity index (χ1) is 15.0. The van der Waals surface area contributed by atoms with Gasteiger partial charge in [-0.25, -0.2) is 13.4 Å². The topological polar surface area (TPSA) is 62.3 Å². The number of nitrogens with zero attached hydrogens (tertiary/aromatic N) is 2. The van der Waals surface area contributed by atoms with E-state index >= 15 is 0 Å². The minimum atomic E-state index is -3.28. The molecule has 5 rings (SSSR count). The fraction of sp³-hybridized carbons (Fsp3) is 0.400. The predicted octanol–water partition coefficient (Wildman–Crippen LogP) is 4.94. The summed E-state index contributed by atoms with van der Waals surface area (Å²) >= 11 is 0. The highest BCUT2D eigenvalue weighted by atomic mass is 32.2. The van der Waals surface area contributed by atoms with Crippen molar-refractivity contribution in [2.24, 2.45) is 5.92 Å². The smallest absolute Gasteiger partial charge is 0.180 e. The molecule has 1 saturated carbocycles. The van der Waals surface area contributed by atoms with Gasteiger partial charge in [0, 0.05) is 36.8 Å². The van der Waals surface area contributed by atoms with E-state index in [-0.39, 0.29) is 5.75 Å². The van der Waals surface area contributed by atoms with Crippen molar-refractivity contribution in [2.75, 3.05) is 29.1 Å². The molecule has 0 saturated heterocycles. The van der Waals surface area contributed by atoms with Gasteiger partial charge in [-0.3, -0.25) is 0 Å². The Kier molecular flexibility index (Phi) is 5.34. The van der Waals surface area contributed by atoms with Crippen molar-refractivity contribution >= 4 is 32.2 Å². The Balaban J connectivity index is 1.53. The third kappa shape index (κ3) is 4.13. The molecule has 1 aromatic heterocycles. The number of benzene rings is 2. The molecule has 5 nitrogen and oxygen atoms in total. The maximum atomic E-state index is 12.8. The van der Waals surface area contributed by atoms with Crippen molar-refractivity contribution < 1.29 is 8.42 Å². The molecule has 1 N–H and O–H groups in total. The van der Waals surface area contributed by atoms with Gasteiger partial charge in [-0.15, -0.1) is 0 Å². The van der Waals surface area contributed by atoms with E-state index in [1.807, 2.05) is 12.1 Å². The van der Waals surface area contributed by atoms with Crippen LogP contribution in [0.15, 0.2) is 53.4 Å². The Morgan fingerprint density at radius 3 is 2.74 bits per heavy atom. The van der Waals surface area contributed by atoms with Crippen LogP contribution in [0.1, 0.15) is 36.8 Å². The van der Waals surface area contributed by atoms with E-state index in [1.165, 1.54) is 31.2 Å². The van der Waals surface area contributed by atoms with E-state index in [2.05, 4.69) is 41.4 Å². The number of fused-ring (bicyclic) bond motifs is 2. The number of sulfone groups is 1. The minimum Gasteiger partial charge on any atom is -0.384 e. The standard InChI is InChI=1S/C25H29N3O2S/c1-18-10-11-22-21(14-18)23(26-16-19-6-2-3-7-19)15-25(27-22)28-12-13-31(29,30)24-9-5-4-8-20(24)17-28/h4-5,8-11,14-15,19H,2-3,6-7,12-13,16-17H2,1H3,(H,26,27). The zero-order chi connectivity index (χ0) is 21.4. The first kappa shape index (κ1) is 20.3. The zero-order valence-corrected chi connectivity index (χ0v) is 18.8. The van der Waals surface area contributed by atoms with Gasteiger partial charge in [0.25, 0.3) is 0 Å². The molecular weight excluding hydrogens is 406 g/mol. The Labute approximate surface area is 184 Å². The Morgan fingerprint density at radius 1 is 1.10 bits per heavy atom. The molecule has 2 heterocycles. The highest BCUT2D eigenvalue weighted by molar-refractivity contribution is 7.91. The largest absolute Gasteiger partial charge is 0.384 e. The fourth-order valence-corrected chi connectivity index (χ4v) is 6.36. The van der Waals surface area contributed by atoms with Crippen molar-refractivity contribution in [3.63, 3.8) is 0 Å². The van der Waals surface area contributed by atoms with Crippen molar-refractivity contribution in [1.82, 2.24) is 4.98 Å². The monoisotopic (exact) mass is 435 g/mol. The lowest BCUT2D eigenvalue weighted by Gasteiger charge is -2.24. The van der Waals surface area contributed by atoms with Crippen molar-refractivity contribution in [3.05, 3.63) is 59.7 Å². The van der Waals surface area contributed by atoms with Gasteiger partial charge >= 0.3 is 0 Å². The number of hydrogen-bond acceptors (Lipinski definition) is 5. The van der Waals surface area contributed by atoms with Crippen LogP contribution >= 0.6 is 0 Å². The third-order valence-corrected chi connectivity index (χ3v) is 8.42. The van der Waals surface area contributed by atoms with Crippen LogP contribution in [0.25, 0.3) is 10.9 Å². The number of pyridine rings is 1. The van der Waals surface area contributed by atoms with Crippen LogP contribution < -0.4 is 10.2 Å². The summed E-state index contributed by atoms with van der Waals surface area (Å²) in [6, 6.07) is 15.8. The molecule has 6 heteroatoms. The van der Waals surface area contributed by atoms with E-state index in [0.29, 0.717) is 18.0 Å². The first-order valence-electron chi connectivity index (χ1n) is 11.2. The lowest BCUT2D eigenvalue weighted by molar-refractivity contribution is 0.580. The Bertz CT molecular complexity index is 1220. The van der Waals surface area contributed by atoms with Crippen molar-refractivity contribution in [2.45, 2.75) is 44.0 Å². The molecule has 0 atom stereocenters. The second kappa shape index (κ2) is 8.15. The summed E-state index contributed by atoms with van der Waals surface area (Å²) in [5.41, 5.74) is 4.08. The van der Waals surface area contributed by atoms with Crippen LogP contribution in [0.5, 0.6) is 0 Å². The molecule has 0 amide bonds. The number of hydrogen-bond donors (Lipinski definition) is 1. The molecule has 3 aromatic rings. The highest BCUT2D eigenvalue weighted by Gasteiger charge is 2.26. The maximum absolute atomic E-state index is 12.8. The normalized spacial score (nSPS) is 18.7. The summed E-state index contributed by atoms with van der Waals surface area (Å²) in [5, 5.41) is 4.83. The number of aryl methyl sites for hydroxylation is 1. The number of anilines is 2. The van der Waals surface area contributed by atoms with Gasteiger partial charge in [-0.2, -0.15) is 0 Å². The average Bonchev–Trinajstić information content (AvgIpc) is 3.24. The minimum absolute atomic E-state index is 0.0997. The van der Waals surface area contributed by atoms with Gasteiger partial charge in [-0.05, 0) is 49.4 Å². The SMILES string of the molecule is Cc1ccc2nc(N3CCS(=O)(=O)c4ccccc4C3)cc(NCC3CCCC3)c2c1. The molecule has 1 fully saturated rings. The van der Waals surface area contributed by atoms with Gasteiger partial charge in [0.05, 0.1) is 16.2 Å². The molecule has 2 aliphatic rings. The summed E-state index contributed by atoms with van der Waals surface area (Å²) in [6.45, 7) is 4.06. The van der Waals surface area contributed by atoms with E-state index in [0.717, 1.165) is 40.4 Å². The number of nitrogens with one attached hydrogen (secondary N) is 1. The lowest BCUT2D eigenvalue weighted by atomic mass is 10.1. The third-order valence-electron chi connectivity index (χ3n) is 6.63. The molecule has 1 aliphatic heterocycles. The molecule has 0 unspecified atom stereocenters. The van der Waals surface area contributed by atoms with Gasteiger partial charge < -0.3 is 10.2 Å². The first-order valence-corrected chi connectivity index (χ1v) is 12.9. The summed E-state index contributed by atoms with van der Waals surface area (Å²) in [5.74, 6) is 1.66. The molecule has 1 aliphatic carbocycles. The van der Waals surface area contributed by atoms with Crippen LogP contribution in [0.2, 0.25) is 0 Å². The highest BCUT2D eigenvalue weighted by Crippen LogP contribution is 2.32. The molecule has 0 spiro atoms. The Hall–Kier alpha value is -2.60. The van der Waals surface area contributed by atoms with E-state index < -0.39 is 9.84 Å². The zero-order valence-electron chi connectivity index (χ0n) is 18.0. The quantitative estimate of drug-likeness (QED) is 0.629. The summed E-state index contributed by atoms with van der Waals surface area (Å²) < 4.78 is 25.6. The van der Waals surface area contributed by atoms with Gasteiger partial charge in [0.2, 0.25) is 0 Å². The summed E-state index contributed by atoms with van der Waals surface area (Å²) in [6.07, 6.45) is 5.25. The maximum Gasteiger partial charge on any atom is 0.180 e. The molecular formula is C25H29N3O2S. The van der Waals surface area contributed by atoms with Crippen LogP contribution in [-0.4, -0.2) is 32.2 Å². The lowest BCUT2D eigenvalue weighted by Crippen LogP contribution is -2.26. The van der Waals surface area contributed by atoms with Gasteiger partial charge in [0.1, 0.15) is 5.82 Å². The van der Waals surface area contributed by atoms with Crippen LogP contribution in [0, 0.1) is 12.8 Å². The molecule has 0 radical (unpaired) electrons. The van der Waals surface area contributed by atoms with Gasteiger partial charge in [0.15, 0.2) is 9.84 Å². The van der Waals surface area contributed by atoms with E-state index in [1.54, 1.807) is 12.1 Å². The van der Waals surface area contributed by atoms with Crippen LogP contribution in [0.3, 0.4) is 0 Å². The van der Waals surface area contributed by atoms with E-state index in [4.69, 9.17) is 4.98 Å². The Morgan fingerprint density at radius 2 is 1.90 bits per heavy atom. The molecule has 162 valence electrons. The second-order valence-electron chi connectivity index (χ2n) is 8.93. The molecule has 0 bridgehead atoms.